The van der Waals surface area contributed by atoms with Gasteiger partial charge in [-0.1, -0.05) is 41.9 Å². The summed E-state index contributed by atoms with van der Waals surface area (Å²) in [6.07, 6.45) is 0.241. The smallest absolute Gasteiger partial charge is 0.251 e. The van der Waals surface area contributed by atoms with Gasteiger partial charge in [0.2, 0.25) is 11.8 Å². The van der Waals surface area contributed by atoms with Crippen molar-refractivity contribution in [3.63, 3.8) is 0 Å². The molecule has 0 fully saturated rings. The zero-order valence-corrected chi connectivity index (χ0v) is 14.1. The van der Waals surface area contributed by atoms with Gasteiger partial charge in [0.1, 0.15) is 6.04 Å². The lowest BCUT2D eigenvalue weighted by atomic mass is 10.1. The van der Waals surface area contributed by atoms with E-state index in [1.807, 2.05) is 0 Å². The number of hydrogen-bond acceptors (Lipinski definition) is 3. The van der Waals surface area contributed by atoms with Crippen LogP contribution in [-0.2, 0) is 16.0 Å². The first-order chi connectivity index (χ1) is 12.0. The molecule has 2 rings (SSSR count). The summed E-state index contributed by atoms with van der Waals surface area (Å²) in [7, 11) is 0. The topological polar surface area (TPSA) is 101 Å². The van der Waals surface area contributed by atoms with Crippen LogP contribution in [0.4, 0.5) is 0 Å². The molecule has 0 radical (unpaired) electrons. The van der Waals surface area contributed by atoms with Crippen LogP contribution in [0.3, 0.4) is 0 Å². The molecule has 0 saturated carbocycles. The van der Waals surface area contributed by atoms with Crippen LogP contribution in [0.2, 0.25) is 5.02 Å². The van der Waals surface area contributed by atoms with E-state index in [4.69, 9.17) is 17.3 Å². The molecular weight excluding hydrogens is 342 g/mol. The maximum Gasteiger partial charge on any atom is 0.251 e. The highest BCUT2D eigenvalue weighted by molar-refractivity contribution is 6.30. The lowest BCUT2D eigenvalue weighted by molar-refractivity contribution is -0.126. The minimum absolute atomic E-state index is 0.241. The Hall–Kier alpha value is -2.86. The first-order valence-electron chi connectivity index (χ1n) is 7.62. The van der Waals surface area contributed by atoms with Gasteiger partial charge >= 0.3 is 0 Å². The second kappa shape index (κ2) is 8.84. The first kappa shape index (κ1) is 18.5. The van der Waals surface area contributed by atoms with Crippen molar-refractivity contribution < 1.29 is 14.4 Å². The molecule has 6 nitrogen and oxygen atoms in total. The third kappa shape index (κ3) is 5.93. The summed E-state index contributed by atoms with van der Waals surface area (Å²) in [4.78, 5) is 35.4. The number of carbonyl (C=O) groups is 3. The molecule has 0 aliphatic carbocycles. The standard InChI is InChI=1S/C18H18ClN3O3/c19-14-8-6-12(7-9-14)10-15(17(20)24)22-16(23)11-21-18(25)13-4-2-1-3-5-13/h1-9,15H,10-11H2,(H2,20,24)(H,21,25)(H,22,23)/t15-/m0/s1. The van der Waals surface area contributed by atoms with Crippen molar-refractivity contribution in [3.8, 4) is 0 Å². The molecule has 0 spiro atoms. The largest absolute Gasteiger partial charge is 0.368 e. The van der Waals surface area contributed by atoms with Crippen LogP contribution >= 0.6 is 11.6 Å². The van der Waals surface area contributed by atoms with Gasteiger partial charge in [-0.05, 0) is 29.8 Å². The molecule has 2 aromatic rings. The summed E-state index contributed by atoms with van der Waals surface area (Å²) in [5, 5.41) is 5.59. The summed E-state index contributed by atoms with van der Waals surface area (Å²) in [6.45, 7) is -0.252. The number of benzene rings is 2. The van der Waals surface area contributed by atoms with Crippen LogP contribution in [0.1, 0.15) is 15.9 Å². The van der Waals surface area contributed by atoms with Crippen molar-refractivity contribution >= 4 is 29.3 Å². The normalized spacial score (nSPS) is 11.4. The number of carbonyl (C=O) groups excluding carboxylic acids is 3. The third-order valence-electron chi connectivity index (χ3n) is 3.48. The number of amides is 3. The Morgan fingerprint density at radius 1 is 1.00 bits per heavy atom. The molecule has 0 aliphatic rings. The summed E-state index contributed by atoms with van der Waals surface area (Å²) < 4.78 is 0. The highest BCUT2D eigenvalue weighted by Crippen LogP contribution is 2.11. The van der Waals surface area contributed by atoms with Crippen molar-refractivity contribution in [2.75, 3.05) is 6.54 Å². The van der Waals surface area contributed by atoms with E-state index in [2.05, 4.69) is 10.6 Å². The van der Waals surface area contributed by atoms with Crippen molar-refractivity contribution in [3.05, 3.63) is 70.7 Å². The summed E-state index contributed by atoms with van der Waals surface area (Å²) in [6, 6.07) is 14.5. The Morgan fingerprint density at radius 3 is 2.24 bits per heavy atom. The number of hydrogen-bond donors (Lipinski definition) is 3. The fourth-order valence-corrected chi connectivity index (χ4v) is 2.30. The molecule has 4 N–H and O–H groups in total. The van der Waals surface area contributed by atoms with Crippen LogP contribution in [0.25, 0.3) is 0 Å². The molecule has 25 heavy (non-hydrogen) atoms. The monoisotopic (exact) mass is 359 g/mol. The average molecular weight is 360 g/mol. The predicted molar refractivity (Wildman–Crippen MR) is 95.1 cm³/mol. The maximum absolute atomic E-state index is 12.0. The molecule has 0 unspecified atom stereocenters. The van der Waals surface area contributed by atoms with Crippen molar-refractivity contribution in [2.24, 2.45) is 5.73 Å². The number of primary amides is 1. The Morgan fingerprint density at radius 2 is 1.64 bits per heavy atom. The average Bonchev–Trinajstić information content (AvgIpc) is 2.61. The molecule has 130 valence electrons. The Kier molecular flexibility index (Phi) is 6.54. The van der Waals surface area contributed by atoms with Gasteiger partial charge in [0.05, 0.1) is 6.54 Å². The zero-order chi connectivity index (χ0) is 18.2. The van der Waals surface area contributed by atoms with E-state index in [1.165, 1.54) is 0 Å². The SMILES string of the molecule is NC(=O)[C@H](Cc1ccc(Cl)cc1)NC(=O)CNC(=O)c1ccccc1. The number of halogens is 1. The summed E-state index contributed by atoms with van der Waals surface area (Å²) >= 11 is 5.81. The first-order valence-corrected chi connectivity index (χ1v) is 8.00. The van der Waals surface area contributed by atoms with Crippen molar-refractivity contribution in [1.82, 2.24) is 10.6 Å². The van der Waals surface area contributed by atoms with E-state index in [0.29, 0.717) is 10.6 Å². The van der Waals surface area contributed by atoms with Crippen LogP contribution in [-0.4, -0.2) is 30.3 Å². The van der Waals surface area contributed by atoms with Gasteiger partial charge in [-0.15, -0.1) is 0 Å². The van der Waals surface area contributed by atoms with Crippen molar-refractivity contribution in [2.45, 2.75) is 12.5 Å². The lowest BCUT2D eigenvalue weighted by Gasteiger charge is -2.16. The van der Waals surface area contributed by atoms with Gasteiger partial charge in [-0.3, -0.25) is 14.4 Å². The fourth-order valence-electron chi connectivity index (χ4n) is 2.18. The van der Waals surface area contributed by atoms with Gasteiger partial charge in [0, 0.05) is 17.0 Å². The minimum Gasteiger partial charge on any atom is -0.368 e. The van der Waals surface area contributed by atoms with Gasteiger partial charge in [-0.2, -0.15) is 0 Å². The van der Waals surface area contributed by atoms with Gasteiger partial charge in [0.15, 0.2) is 0 Å². The number of nitrogens with two attached hydrogens (primary N) is 1. The molecule has 0 aliphatic heterocycles. The van der Waals surface area contributed by atoms with Crippen LogP contribution in [0.5, 0.6) is 0 Å². The molecule has 0 bridgehead atoms. The third-order valence-corrected chi connectivity index (χ3v) is 3.73. The summed E-state index contributed by atoms with van der Waals surface area (Å²) in [5.74, 6) is -1.52. The van der Waals surface area contributed by atoms with Gasteiger partial charge in [-0.25, -0.2) is 0 Å². The Bertz CT molecular complexity index is 748. The van der Waals surface area contributed by atoms with Gasteiger partial charge in [0.25, 0.3) is 5.91 Å². The van der Waals surface area contributed by atoms with E-state index < -0.39 is 17.9 Å². The number of rotatable bonds is 7. The maximum atomic E-state index is 12.0. The molecule has 1 atom stereocenters. The molecule has 0 aromatic heterocycles. The predicted octanol–water partition coefficient (Wildman–Crippen LogP) is 1.28. The van der Waals surface area contributed by atoms with Gasteiger partial charge < -0.3 is 16.4 Å². The highest BCUT2D eigenvalue weighted by atomic mass is 35.5. The van der Waals surface area contributed by atoms with Crippen LogP contribution in [0, 0.1) is 0 Å². The lowest BCUT2D eigenvalue weighted by Crippen LogP contribution is -2.49. The van der Waals surface area contributed by atoms with E-state index in [9.17, 15) is 14.4 Å². The quantitative estimate of drug-likeness (QED) is 0.694. The molecule has 2 aromatic carbocycles. The zero-order valence-electron chi connectivity index (χ0n) is 13.4. The second-order valence-corrected chi connectivity index (χ2v) is 5.84. The molecule has 7 heteroatoms. The molecule has 3 amide bonds. The Labute approximate surface area is 150 Å². The van der Waals surface area contributed by atoms with E-state index in [0.717, 1.165) is 5.56 Å². The highest BCUT2D eigenvalue weighted by Gasteiger charge is 2.19. The minimum atomic E-state index is -0.873. The van der Waals surface area contributed by atoms with E-state index >= 15 is 0 Å². The Balaban J connectivity index is 1.88. The van der Waals surface area contributed by atoms with Crippen molar-refractivity contribution in [1.29, 1.82) is 0 Å². The number of nitrogens with one attached hydrogen (secondary N) is 2. The van der Waals surface area contributed by atoms with E-state index in [1.54, 1.807) is 54.6 Å². The summed E-state index contributed by atoms with van der Waals surface area (Å²) in [5.41, 5.74) is 6.60. The molecule has 0 saturated heterocycles. The molecule has 0 heterocycles. The van der Waals surface area contributed by atoms with Crippen LogP contribution < -0.4 is 16.4 Å². The fraction of sp³-hybridized carbons (Fsp3) is 0.167. The van der Waals surface area contributed by atoms with Crippen LogP contribution in [0.15, 0.2) is 54.6 Å². The second-order valence-electron chi connectivity index (χ2n) is 5.40. The van der Waals surface area contributed by atoms with E-state index in [-0.39, 0.29) is 18.9 Å². The molecular formula is C18H18ClN3O3.